The van der Waals surface area contributed by atoms with Crippen LogP contribution < -0.4 is 9.80 Å². The number of carbonyl (C=O) groups excluding carboxylic acids is 2. The van der Waals surface area contributed by atoms with Gasteiger partial charge in [-0.3, -0.25) is 19.4 Å². The van der Waals surface area contributed by atoms with Crippen molar-refractivity contribution in [1.29, 1.82) is 0 Å². The Labute approximate surface area is 260 Å². The Morgan fingerprint density at radius 2 is 0.792 bits per heavy atom. The maximum absolute atomic E-state index is 15.0. The van der Waals surface area contributed by atoms with Gasteiger partial charge in [-0.05, 0) is 30.9 Å². The van der Waals surface area contributed by atoms with E-state index in [0.717, 1.165) is 26.0 Å². The molecular formula is C29H19F15N2O2. The van der Waals surface area contributed by atoms with Gasteiger partial charge in [0.25, 0.3) is 0 Å². The van der Waals surface area contributed by atoms with Crippen LogP contribution in [-0.2, 0) is 9.59 Å². The number of hydrogen-bond donors (Lipinski definition) is 0. The van der Waals surface area contributed by atoms with E-state index >= 15 is 4.39 Å². The molecule has 0 aliphatic rings. The Morgan fingerprint density at radius 3 is 1.08 bits per heavy atom. The van der Waals surface area contributed by atoms with E-state index in [1.165, 1.54) is 0 Å². The van der Waals surface area contributed by atoms with Crippen molar-refractivity contribution in [1.82, 2.24) is 0 Å². The van der Waals surface area contributed by atoms with Crippen molar-refractivity contribution in [2.45, 2.75) is 58.0 Å². The SMILES string of the molecule is CCC(c1ccc(C(CC)N(C(=O)C(F)(F)F)c2c(F)c(F)c(F)c(F)c2F)cc1)N(C(=O)C(F)(F)F)c1c(F)c(C)c(F)c(F)c1F. The van der Waals surface area contributed by atoms with E-state index in [4.69, 9.17) is 0 Å². The summed E-state index contributed by atoms with van der Waals surface area (Å²) < 4.78 is 211. The minimum absolute atomic E-state index is 0.486. The summed E-state index contributed by atoms with van der Waals surface area (Å²) >= 11 is 0. The quantitative estimate of drug-likeness (QED) is 0.133. The summed E-state index contributed by atoms with van der Waals surface area (Å²) in [5, 5.41) is 0. The zero-order valence-electron chi connectivity index (χ0n) is 24.3. The predicted molar refractivity (Wildman–Crippen MR) is 137 cm³/mol. The van der Waals surface area contributed by atoms with Crippen LogP contribution in [0.1, 0.15) is 55.5 Å². The molecule has 48 heavy (non-hydrogen) atoms. The molecule has 2 atom stereocenters. The molecule has 262 valence electrons. The van der Waals surface area contributed by atoms with Gasteiger partial charge in [0.05, 0.1) is 12.1 Å². The molecule has 3 aromatic carbocycles. The summed E-state index contributed by atoms with van der Waals surface area (Å²) in [7, 11) is 0. The second-order valence-electron chi connectivity index (χ2n) is 10.0. The van der Waals surface area contributed by atoms with Crippen LogP contribution >= 0.6 is 0 Å². The van der Waals surface area contributed by atoms with Crippen molar-refractivity contribution in [2.75, 3.05) is 9.80 Å². The average molecular weight is 712 g/mol. The van der Waals surface area contributed by atoms with Gasteiger partial charge in [-0.1, -0.05) is 38.1 Å². The highest BCUT2D eigenvalue weighted by molar-refractivity contribution is 5.99. The summed E-state index contributed by atoms with van der Waals surface area (Å²) in [6, 6.07) is -1.34. The van der Waals surface area contributed by atoms with Crippen molar-refractivity contribution >= 4 is 23.2 Å². The van der Waals surface area contributed by atoms with Gasteiger partial charge in [-0.15, -0.1) is 0 Å². The molecule has 0 fully saturated rings. The fourth-order valence-corrected chi connectivity index (χ4v) is 4.90. The molecule has 0 radical (unpaired) electrons. The van der Waals surface area contributed by atoms with Gasteiger partial charge in [0, 0.05) is 5.56 Å². The minimum Gasteiger partial charge on any atom is -0.292 e. The molecule has 0 heterocycles. The number of benzene rings is 3. The summed E-state index contributed by atoms with van der Waals surface area (Å²) in [6.07, 6.45) is -13.2. The lowest BCUT2D eigenvalue weighted by Gasteiger charge is -2.34. The number of anilines is 2. The summed E-state index contributed by atoms with van der Waals surface area (Å²) in [5.41, 5.74) is -6.56. The molecule has 19 heteroatoms. The van der Waals surface area contributed by atoms with E-state index in [1.54, 1.807) is 0 Å². The molecule has 0 bridgehead atoms. The highest BCUT2D eigenvalue weighted by Gasteiger charge is 2.49. The standard InChI is InChI=1S/C29H19F15N2O2/c1-4-13(45(26(47)28(39,40)41)24-16(31)10(3)15(30)17(32)21(24)36)11-6-8-12(9-7-11)14(5-2)46(27(48)29(42,43)44)25-22(37)19(34)18(33)20(35)23(25)38/h6-9,13-14H,4-5H2,1-3H3. The molecule has 0 saturated carbocycles. The second kappa shape index (κ2) is 13.6. The van der Waals surface area contributed by atoms with E-state index in [2.05, 4.69) is 0 Å². The summed E-state index contributed by atoms with van der Waals surface area (Å²) in [5.74, 6) is -28.9. The van der Waals surface area contributed by atoms with Gasteiger partial charge in [0.15, 0.2) is 46.5 Å². The van der Waals surface area contributed by atoms with Crippen LogP contribution in [0.5, 0.6) is 0 Å². The average Bonchev–Trinajstić information content (AvgIpc) is 3.02. The fraction of sp³-hybridized carbons (Fsp3) is 0.310. The fourth-order valence-electron chi connectivity index (χ4n) is 4.90. The smallest absolute Gasteiger partial charge is 0.292 e. The van der Waals surface area contributed by atoms with Crippen LogP contribution in [0.3, 0.4) is 0 Å². The zero-order chi connectivity index (χ0) is 36.8. The van der Waals surface area contributed by atoms with Crippen molar-refractivity contribution in [3.8, 4) is 0 Å². The number of halogens is 15. The molecule has 0 saturated heterocycles. The Bertz CT molecular complexity index is 1550. The first-order chi connectivity index (χ1) is 22.0. The number of rotatable bonds is 8. The first kappa shape index (κ1) is 38.0. The molecule has 3 aromatic rings. The van der Waals surface area contributed by atoms with Gasteiger partial charge in [0.2, 0.25) is 5.82 Å². The largest absolute Gasteiger partial charge is 0.471 e. The number of carbonyl (C=O) groups is 2. The number of alkyl halides is 6. The van der Waals surface area contributed by atoms with Crippen LogP contribution in [0.2, 0.25) is 0 Å². The molecule has 2 amide bonds. The lowest BCUT2D eigenvalue weighted by atomic mass is 9.95. The van der Waals surface area contributed by atoms with Crippen LogP contribution in [0.25, 0.3) is 0 Å². The Morgan fingerprint density at radius 1 is 0.521 bits per heavy atom. The summed E-state index contributed by atoms with van der Waals surface area (Å²) in [6.45, 7) is 2.64. The lowest BCUT2D eigenvalue weighted by Crippen LogP contribution is -2.45. The molecule has 0 spiro atoms. The molecule has 3 rings (SSSR count). The number of nitrogens with zero attached hydrogens (tertiary/aromatic N) is 2. The van der Waals surface area contributed by atoms with Crippen molar-refractivity contribution < 1.29 is 75.4 Å². The van der Waals surface area contributed by atoms with Crippen LogP contribution in [0.15, 0.2) is 24.3 Å². The third kappa shape index (κ3) is 6.63. The first-order valence-electron chi connectivity index (χ1n) is 13.3. The summed E-state index contributed by atoms with van der Waals surface area (Å²) in [4.78, 5) is 23.5. The highest BCUT2D eigenvalue weighted by Crippen LogP contribution is 2.42. The second-order valence-corrected chi connectivity index (χ2v) is 10.0. The molecule has 0 aliphatic heterocycles. The van der Waals surface area contributed by atoms with Gasteiger partial charge < -0.3 is 0 Å². The van der Waals surface area contributed by atoms with Crippen molar-refractivity contribution in [2.24, 2.45) is 0 Å². The molecule has 0 aliphatic carbocycles. The maximum atomic E-state index is 15.0. The molecule has 0 aromatic heterocycles. The van der Waals surface area contributed by atoms with Crippen LogP contribution in [0, 0.1) is 59.3 Å². The maximum Gasteiger partial charge on any atom is 0.471 e. The molecule has 0 N–H and O–H groups in total. The Hall–Kier alpha value is -4.45. The third-order valence-electron chi connectivity index (χ3n) is 7.15. The Kier molecular flexibility index (Phi) is 10.8. The molecule has 4 nitrogen and oxygen atoms in total. The first-order valence-corrected chi connectivity index (χ1v) is 13.3. The number of amides is 2. The van der Waals surface area contributed by atoms with E-state index in [9.17, 15) is 71.1 Å². The topological polar surface area (TPSA) is 40.6 Å². The zero-order valence-corrected chi connectivity index (χ0v) is 24.3. The molecule has 2 unspecified atom stereocenters. The van der Waals surface area contributed by atoms with Crippen molar-refractivity contribution in [3.63, 3.8) is 0 Å². The van der Waals surface area contributed by atoms with E-state index in [-0.39, 0.29) is 0 Å². The van der Waals surface area contributed by atoms with Gasteiger partial charge >= 0.3 is 24.2 Å². The normalized spacial score (nSPS) is 13.4. The van der Waals surface area contributed by atoms with Crippen molar-refractivity contribution in [3.05, 3.63) is 93.3 Å². The van der Waals surface area contributed by atoms with Crippen LogP contribution in [0.4, 0.5) is 77.2 Å². The third-order valence-corrected chi connectivity index (χ3v) is 7.15. The highest BCUT2D eigenvalue weighted by atomic mass is 19.4. The van der Waals surface area contributed by atoms with Gasteiger partial charge in [-0.2, -0.15) is 26.3 Å². The van der Waals surface area contributed by atoms with Gasteiger partial charge in [0.1, 0.15) is 11.4 Å². The number of hydrogen-bond acceptors (Lipinski definition) is 2. The van der Waals surface area contributed by atoms with E-state index in [0.29, 0.717) is 19.1 Å². The van der Waals surface area contributed by atoms with Crippen LogP contribution in [-0.4, -0.2) is 24.2 Å². The predicted octanol–water partition coefficient (Wildman–Crippen LogP) is 9.34. The monoisotopic (exact) mass is 712 g/mol. The van der Waals surface area contributed by atoms with Gasteiger partial charge in [-0.25, -0.2) is 39.5 Å². The van der Waals surface area contributed by atoms with E-state index in [1.807, 2.05) is 0 Å². The van der Waals surface area contributed by atoms with E-state index < -0.39 is 139 Å². The minimum atomic E-state index is -5.96. The lowest BCUT2D eigenvalue weighted by molar-refractivity contribution is -0.171. The molecular weight excluding hydrogens is 693 g/mol. The Balaban J connectivity index is 2.27.